The zero-order valence-electron chi connectivity index (χ0n) is 36.8. The maximum Gasteiger partial charge on any atom is 0.416 e. The first-order chi connectivity index (χ1) is 34.0. The van der Waals surface area contributed by atoms with Gasteiger partial charge >= 0.3 is 12.4 Å². The van der Waals surface area contributed by atoms with Crippen LogP contribution in [-0.2, 0) is 12.4 Å². The number of halogens is 6. The Bertz CT molecular complexity index is 3800. The van der Waals surface area contributed by atoms with Crippen molar-refractivity contribution in [1.82, 2.24) is 19.1 Å². The molecule has 0 N–H and O–H groups in total. The molecule has 4 nitrogen and oxygen atoms in total. The molecule has 338 valence electrons. The summed E-state index contributed by atoms with van der Waals surface area (Å²) >= 11 is 0. The van der Waals surface area contributed by atoms with Crippen molar-refractivity contribution in [3.05, 3.63) is 230 Å². The van der Waals surface area contributed by atoms with Crippen LogP contribution in [0.1, 0.15) is 11.1 Å². The number of rotatable bonds is 7. The largest absolute Gasteiger partial charge is 0.416 e. The van der Waals surface area contributed by atoms with E-state index in [4.69, 9.17) is 9.97 Å². The molecule has 70 heavy (non-hydrogen) atoms. The fourth-order valence-electron chi connectivity index (χ4n) is 9.74. The number of hydrogen-bond donors (Lipinski definition) is 0. The number of fused-ring (bicyclic) bond motifs is 6. The van der Waals surface area contributed by atoms with Crippen LogP contribution in [0, 0.1) is 0 Å². The molecule has 10 heteroatoms. The summed E-state index contributed by atoms with van der Waals surface area (Å²) in [4.78, 5) is 10.1. The second-order valence-electron chi connectivity index (χ2n) is 17.2. The first-order valence-electron chi connectivity index (χ1n) is 22.5. The molecule has 12 aromatic rings. The Morgan fingerprint density at radius 2 is 0.743 bits per heavy atom. The first-order valence-corrected chi connectivity index (χ1v) is 22.5. The Balaban J connectivity index is 1.23. The molecule has 3 heterocycles. The van der Waals surface area contributed by atoms with Crippen molar-refractivity contribution in [3.63, 3.8) is 0 Å². The molecule has 0 fully saturated rings. The number of alkyl halides is 6. The van der Waals surface area contributed by atoms with Crippen molar-refractivity contribution in [2.75, 3.05) is 0 Å². The highest BCUT2D eigenvalue weighted by Gasteiger charge is 2.32. The lowest BCUT2D eigenvalue weighted by molar-refractivity contribution is -0.138. The fourth-order valence-corrected chi connectivity index (χ4v) is 9.74. The molecule has 0 saturated carbocycles. The molecule has 0 aliphatic heterocycles. The van der Waals surface area contributed by atoms with Crippen molar-refractivity contribution in [1.29, 1.82) is 0 Å². The smallest absolute Gasteiger partial charge is 0.309 e. The van der Waals surface area contributed by atoms with Crippen molar-refractivity contribution in [2.45, 2.75) is 12.4 Å². The van der Waals surface area contributed by atoms with Crippen LogP contribution in [0.2, 0.25) is 0 Å². The summed E-state index contributed by atoms with van der Waals surface area (Å²) in [6, 6.07) is 65.4. The Kier molecular flexibility index (Phi) is 10.0. The van der Waals surface area contributed by atoms with Crippen LogP contribution in [0.3, 0.4) is 0 Å². The Hall–Kier alpha value is -8.76. The first kappa shape index (κ1) is 42.6. The summed E-state index contributed by atoms with van der Waals surface area (Å²) in [6.45, 7) is 0. The normalized spacial score (nSPS) is 12.1. The minimum Gasteiger partial charge on any atom is -0.309 e. The van der Waals surface area contributed by atoms with Crippen LogP contribution in [0.4, 0.5) is 26.3 Å². The number of hydrogen-bond acceptors (Lipinski definition) is 2. The summed E-state index contributed by atoms with van der Waals surface area (Å²) in [7, 11) is 0. The highest BCUT2D eigenvalue weighted by Crippen LogP contribution is 2.47. The van der Waals surface area contributed by atoms with Gasteiger partial charge in [0.2, 0.25) is 0 Å². The SMILES string of the molecule is FC(F)(F)c1ccc(-c2cc(-c3cc(-c4ccccc4)nc(-c4ccccc4)n3)cc(-c3ccc(C(F)(F)F)cc3)c2-n2c3ccccc3c3cc4c5ccccc5n(-c5ccccc5)c4cc32)cc1. The quantitative estimate of drug-likeness (QED) is 0.149. The van der Waals surface area contributed by atoms with Gasteiger partial charge in [0.15, 0.2) is 5.82 Å². The highest BCUT2D eigenvalue weighted by atomic mass is 19.4. The van der Waals surface area contributed by atoms with Crippen molar-refractivity contribution in [3.8, 4) is 67.5 Å². The third-order valence-electron chi connectivity index (χ3n) is 13.0. The van der Waals surface area contributed by atoms with Crippen LogP contribution in [0.5, 0.6) is 0 Å². The highest BCUT2D eigenvalue weighted by molar-refractivity contribution is 6.19. The standard InChI is InChI=1S/C60H36F6N4/c61-59(62,63)42-28-24-37(25-29-42)47-32-41(52-35-51(39-14-4-1-5-15-39)67-58(68-52)40-16-6-2-7-17-40)33-48(38-26-30-43(31-27-38)60(64,65)66)57(47)70-54-23-13-11-21-46(54)50-34-49-45-20-10-12-22-53(45)69(55(49)36-56(50)70)44-18-8-3-9-19-44/h1-36H. The second-order valence-corrected chi connectivity index (χ2v) is 17.2. The third kappa shape index (κ3) is 7.36. The van der Waals surface area contributed by atoms with Crippen molar-refractivity contribution >= 4 is 43.6 Å². The molecule has 0 saturated heterocycles. The van der Waals surface area contributed by atoms with E-state index in [1.165, 1.54) is 24.3 Å². The molecule has 0 unspecified atom stereocenters. The lowest BCUT2D eigenvalue weighted by Crippen LogP contribution is -2.06. The van der Waals surface area contributed by atoms with Gasteiger partial charge in [0.25, 0.3) is 0 Å². The van der Waals surface area contributed by atoms with E-state index in [9.17, 15) is 26.3 Å². The zero-order valence-corrected chi connectivity index (χ0v) is 36.8. The van der Waals surface area contributed by atoms with E-state index < -0.39 is 23.5 Å². The summed E-state index contributed by atoms with van der Waals surface area (Å²) in [5.74, 6) is 0.438. The lowest BCUT2D eigenvalue weighted by atomic mass is 9.90. The van der Waals surface area contributed by atoms with Crippen molar-refractivity contribution < 1.29 is 26.3 Å². The van der Waals surface area contributed by atoms with Gasteiger partial charge < -0.3 is 9.13 Å². The van der Waals surface area contributed by atoms with Gasteiger partial charge in [-0.05, 0) is 90.0 Å². The van der Waals surface area contributed by atoms with E-state index in [1.54, 1.807) is 0 Å². The summed E-state index contributed by atoms with van der Waals surface area (Å²) in [5, 5.41) is 3.89. The molecular formula is C60H36F6N4. The van der Waals surface area contributed by atoms with Crippen LogP contribution < -0.4 is 0 Å². The van der Waals surface area contributed by atoms with Gasteiger partial charge in [0.05, 0.1) is 50.3 Å². The van der Waals surface area contributed by atoms with Gasteiger partial charge in [0.1, 0.15) is 0 Å². The van der Waals surface area contributed by atoms with Crippen LogP contribution in [0.25, 0.3) is 111 Å². The molecule has 0 spiro atoms. The molecular weight excluding hydrogens is 891 g/mol. The molecule has 0 bridgehead atoms. The van der Waals surface area contributed by atoms with E-state index in [0.717, 1.165) is 84.7 Å². The summed E-state index contributed by atoms with van der Waals surface area (Å²) < 4.78 is 90.0. The van der Waals surface area contributed by atoms with Crippen LogP contribution >= 0.6 is 0 Å². The van der Waals surface area contributed by atoms with E-state index >= 15 is 0 Å². The molecule has 12 rings (SSSR count). The topological polar surface area (TPSA) is 35.6 Å². The average molecular weight is 927 g/mol. The molecule has 0 radical (unpaired) electrons. The van der Waals surface area contributed by atoms with Crippen LogP contribution in [-0.4, -0.2) is 19.1 Å². The van der Waals surface area contributed by atoms with E-state index in [2.05, 4.69) is 45.5 Å². The monoisotopic (exact) mass is 926 g/mol. The zero-order chi connectivity index (χ0) is 47.7. The van der Waals surface area contributed by atoms with E-state index in [0.29, 0.717) is 50.7 Å². The number of aromatic nitrogens is 4. The van der Waals surface area contributed by atoms with E-state index in [-0.39, 0.29) is 0 Å². The maximum absolute atomic E-state index is 14.3. The fraction of sp³-hybridized carbons (Fsp3) is 0.0333. The Morgan fingerprint density at radius 1 is 0.314 bits per heavy atom. The minimum atomic E-state index is -4.60. The van der Waals surface area contributed by atoms with Gasteiger partial charge in [0, 0.05) is 55.0 Å². The van der Waals surface area contributed by atoms with Gasteiger partial charge in [-0.25, -0.2) is 9.97 Å². The Morgan fingerprint density at radius 3 is 1.26 bits per heavy atom. The molecule has 0 aliphatic carbocycles. The number of benzene rings is 9. The summed E-state index contributed by atoms with van der Waals surface area (Å²) in [6.07, 6.45) is -9.21. The molecule has 9 aromatic carbocycles. The number of para-hydroxylation sites is 3. The minimum absolute atomic E-state index is 0.438. The second kappa shape index (κ2) is 16.5. The van der Waals surface area contributed by atoms with Gasteiger partial charge in [-0.15, -0.1) is 0 Å². The molecule has 0 atom stereocenters. The van der Waals surface area contributed by atoms with Gasteiger partial charge in [-0.1, -0.05) is 140 Å². The van der Waals surface area contributed by atoms with Crippen molar-refractivity contribution in [2.24, 2.45) is 0 Å². The molecule has 0 aliphatic rings. The molecule has 3 aromatic heterocycles. The van der Waals surface area contributed by atoms with Crippen LogP contribution in [0.15, 0.2) is 218 Å². The predicted molar refractivity (Wildman–Crippen MR) is 268 cm³/mol. The van der Waals surface area contributed by atoms with Gasteiger partial charge in [-0.2, -0.15) is 26.3 Å². The Labute approximate surface area is 397 Å². The predicted octanol–water partition coefficient (Wildman–Crippen LogP) is 17.0. The van der Waals surface area contributed by atoms with E-state index in [1.807, 2.05) is 133 Å². The lowest BCUT2D eigenvalue weighted by Gasteiger charge is -2.22. The maximum atomic E-state index is 14.3. The van der Waals surface area contributed by atoms with Gasteiger partial charge in [-0.3, -0.25) is 0 Å². The average Bonchev–Trinajstić information content (AvgIpc) is 3.89. The number of nitrogens with zero attached hydrogens (tertiary/aromatic N) is 4. The third-order valence-corrected chi connectivity index (χ3v) is 13.0. The molecule has 0 amide bonds. The summed E-state index contributed by atoms with van der Waals surface area (Å²) in [5.41, 5.74) is 8.56.